The summed E-state index contributed by atoms with van der Waals surface area (Å²) in [7, 11) is 0. The number of carbonyl (C=O) groups excluding carboxylic acids is 1. The smallest absolute Gasteiger partial charge is 0.227 e. The molecule has 0 saturated carbocycles. The van der Waals surface area contributed by atoms with E-state index in [9.17, 15) is 9.18 Å². The van der Waals surface area contributed by atoms with Gasteiger partial charge in [-0.3, -0.25) is 4.79 Å². The number of carbonyl (C=O) groups is 1. The molecule has 1 fully saturated rings. The van der Waals surface area contributed by atoms with Gasteiger partial charge in [-0.15, -0.1) is 0 Å². The van der Waals surface area contributed by atoms with Crippen molar-refractivity contribution in [2.24, 2.45) is 0 Å². The van der Waals surface area contributed by atoms with Crippen LogP contribution in [0.1, 0.15) is 45.7 Å². The average molecular weight is 416 g/mol. The lowest BCUT2D eigenvalue weighted by atomic mass is 10.1. The van der Waals surface area contributed by atoms with Crippen molar-refractivity contribution in [3.05, 3.63) is 41.8 Å². The monoisotopic (exact) mass is 415 g/mol. The fourth-order valence-electron chi connectivity index (χ4n) is 3.67. The third-order valence-corrected chi connectivity index (χ3v) is 5.31. The Morgan fingerprint density at radius 3 is 2.67 bits per heavy atom. The fraction of sp³-hybridized carbons (Fsp3) is 0.500. The van der Waals surface area contributed by atoms with Gasteiger partial charge in [0.25, 0.3) is 0 Å². The van der Waals surface area contributed by atoms with Crippen LogP contribution in [0.4, 0.5) is 16.2 Å². The number of nitrogens with one attached hydrogen (secondary N) is 1. The van der Waals surface area contributed by atoms with Gasteiger partial charge in [-0.1, -0.05) is 12.1 Å². The molecule has 0 aliphatic carbocycles. The van der Waals surface area contributed by atoms with Crippen molar-refractivity contribution >= 4 is 17.7 Å². The molecule has 1 aromatic carbocycles. The van der Waals surface area contributed by atoms with E-state index in [1.54, 1.807) is 0 Å². The number of benzene rings is 1. The summed E-state index contributed by atoms with van der Waals surface area (Å²) in [6.45, 7) is 10.2. The summed E-state index contributed by atoms with van der Waals surface area (Å²) in [4.78, 5) is 23.8. The van der Waals surface area contributed by atoms with Gasteiger partial charge in [0.15, 0.2) is 11.6 Å². The number of hydrogen-bond acceptors (Lipinski definition) is 6. The molecule has 7 nitrogen and oxygen atoms in total. The van der Waals surface area contributed by atoms with Gasteiger partial charge in [0.1, 0.15) is 11.9 Å². The maximum Gasteiger partial charge on any atom is 0.227 e. The minimum atomic E-state index is -0.400. The van der Waals surface area contributed by atoms with Crippen LogP contribution < -0.4 is 19.9 Å². The van der Waals surface area contributed by atoms with Crippen LogP contribution in [0.2, 0.25) is 0 Å². The molecule has 30 heavy (non-hydrogen) atoms. The molecule has 0 spiro atoms. The Kier molecular flexibility index (Phi) is 7.07. The van der Waals surface area contributed by atoms with Gasteiger partial charge in [0.05, 0.1) is 18.8 Å². The first-order chi connectivity index (χ1) is 14.4. The molecule has 1 N–H and O–H groups in total. The Hall–Kier alpha value is -2.90. The van der Waals surface area contributed by atoms with Crippen molar-refractivity contribution in [2.75, 3.05) is 36.0 Å². The molecule has 1 aliphatic heterocycles. The third-order valence-electron chi connectivity index (χ3n) is 5.31. The molecular weight excluding hydrogens is 385 g/mol. The summed E-state index contributed by atoms with van der Waals surface area (Å²) in [5.41, 5.74) is 1.02. The van der Waals surface area contributed by atoms with Crippen molar-refractivity contribution in [2.45, 2.75) is 46.3 Å². The van der Waals surface area contributed by atoms with Crippen molar-refractivity contribution in [3.8, 4) is 5.75 Å². The number of ether oxygens (including phenoxy) is 1. The zero-order valence-electron chi connectivity index (χ0n) is 18.1. The highest BCUT2D eigenvalue weighted by Crippen LogP contribution is 2.25. The average Bonchev–Trinajstić information content (AvgIpc) is 3.18. The molecule has 0 radical (unpaired) electrons. The lowest BCUT2D eigenvalue weighted by Gasteiger charge is -2.23. The number of rotatable bonds is 8. The fourth-order valence-corrected chi connectivity index (χ4v) is 3.67. The van der Waals surface area contributed by atoms with Crippen LogP contribution in [0.5, 0.6) is 5.75 Å². The Bertz CT molecular complexity index is 857. The highest BCUT2D eigenvalue weighted by molar-refractivity contribution is 5.73. The van der Waals surface area contributed by atoms with Crippen LogP contribution >= 0.6 is 0 Å². The second-order valence-electron chi connectivity index (χ2n) is 7.48. The molecule has 1 saturated heterocycles. The number of nitrogens with zero attached hydrogens (tertiary/aromatic N) is 4. The molecule has 2 atom stereocenters. The predicted molar refractivity (Wildman–Crippen MR) is 115 cm³/mol. The van der Waals surface area contributed by atoms with Crippen molar-refractivity contribution < 1.29 is 13.9 Å². The normalized spacial score (nSPS) is 17.0. The number of aromatic nitrogens is 2. The second-order valence-corrected chi connectivity index (χ2v) is 7.48. The van der Waals surface area contributed by atoms with E-state index in [2.05, 4.69) is 15.3 Å². The topological polar surface area (TPSA) is 70.6 Å². The predicted octanol–water partition coefficient (Wildman–Crippen LogP) is 3.32. The van der Waals surface area contributed by atoms with Gasteiger partial charge in [0, 0.05) is 33.0 Å². The quantitative estimate of drug-likeness (QED) is 0.713. The van der Waals surface area contributed by atoms with Gasteiger partial charge < -0.3 is 19.9 Å². The maximum absolute atomic E-state index is 14.2. The number of amides is 1. The van der Waals surface area contributed by atoms with Crippen molar-refractivity contribution in [1.82, 2.24) is 15.3 Å². The minimum absolute atomic E-state index is 0.00849. The van der Waals surface area contributed by atoms with Crippen molar-refractivity contribution in [3.63, 3.8) is 0 Å². The van der Waals surface area contributed by atoms with Crippen molar-refractivity contribution in [1.29, 1.82) is 0 Å². The van der Waals surface area contributed by atoms with Crippen LogP contribution in [-0.4, -0.2) is 48.2 Å². The van der Waals surface area contributed by atoms with Gasteiger partial charge in [-0.25, -0.2) is 9.37 Å². The third kappa shape index (κ3) is 5.17. The SMILES string of the molecule is CCN(CC)c1nc(N2CC[C@@H](Oc3ccc([C@H](C)NC(C)=O)cc3)C2)ncc1F. The van der Waals surface area contributed by atoms with Crippen LogP contribution in [0.15, 0.2) is 30.5 Å². The molecule has 162 valence electrons. The highest BCUT2D eigenvalue weighted by Gasteiger charge is 2.27. The van der Waals surface area contributed by atoms with E-state index >= 15 is 0 Å². The van der Waals surface area contributed by atoms with Crippen LogP contribution in [0, 0.1) is 5.82 Å². The van der Waals surface area contributed by atoms with E-state index in [1.807, 2.05) is 54.8 Å². The van der Waals surface area contributed by atoms with Crippen LogP contribution in [-0.2, 0) is 4.79 Å². The number of halogens is 1. The summed E-state index contributed by atoms with van der Waals surface area (Å²) in [5.74, 6) is 1.20. The van der Waals surface area contributed by atoms with Gasteiger partial charge in [0.2, 0.25) is 11.9 Å². The van der Waals surface area contributed by atoms with E-state index in [0.29, 0.717) is 31.4 Å². The second kappa shape index (κ2) is 9.73. The van der Waals surface area contributed by atoms with E-state index in [-0.39, 0.29) is 18.1 Å². The molecular formula is C22H30FN5O2. The van der Waals surface area contributed by atoms with E-state index < -0.39 is 5.82 Å². The summed E-state index contributed by atoms with van der Waals surface area (Å²) >= 11 is 0. The molecule has 1 aliphatic rings. The summed E-state index contributed by atoms with van der Waals surface area (Å²) in [5, 5.41) is 2.87. The Morgan fingerprint density at radius 1 is 1.33 bits per heavy atom. The molecule has 8 heteroatoms. The highest BCUT2D eigenvalue weighted by atomic mass is 19.1. The Labute approximate surface area is 177 Å². The molecule has 3 rings (SSSR count). The largest absolute Gasteiger partial charge is 0.489 e. The van der Waals surface area contributed by atoms with Crippen LogP contribution in [0.3, 0.4) is 0 Å². The summed E-state index contributed by atoms with van der Waals surface area (Å²) < 4.78 is 20.3. The summed E-state index contributed by atoms with van der Waals surface area (Å²) in [6.07, 6.45) is 2.10. The van der Waals surface area contributed by atoms with Gasteiger partial charge >= 0.3 is 0 Å². The molecule has 2 heterocycles. The zero-order valence-corrected chi connectivity index (χ0v) is 18.1. The number of anilines is 2. The maximum atomic E-state index is 14.2. The van der Waals surface area contributed by atoms with E-state index in [0.717, 1.165) is 24.3 Å². The Balaban J connectivity index is 1.62. The lowest BCUT2D eigenvalue weighted by Crippen LogP contribution is -2.29. The first kappa shape index (κ1) is 21.8. The minimum Gasteiger partial charge on any atom is -0.489 e. The molecule has 2 aromatic rings. The lowest BCUT2D eigenvalue weighted by molar-refractivity contribution is -0.119. The number of hydrogen-bond donors (Lipinski definition) is 1. The van der Waals surface area contributed by atoms with Gasteiger partial charge in [-0.05, 0) is 38.5 Å². The molecule has 0 bridgehead atoms. The molecule has 0 unspecified atom stereocenters. The Morgan fingerprint density at radius 2 is 2.03 bits per heavy atom. The zero-order chi connectivity index (χ0) is 21.7. The van der Waals surface area contributed by atoms with E-state index in [4.69, 9.17) is 4.74 Å². The molecule has 1 aromatic heterocycles. The van der Waals surface area contributed by atoms with Gasteiger partial charge in [-0.2, -0.15) is 4.98 Å². The van der Waals surface area contributed by atoms with E-state index in [1.165, 1.54) is 13.1 Å². The molecule has 1 amide bonds. The first-order valence-corrected chi connectivity index (χ1v) is 10.5. The standard InChI is InChI=1S/C22H30FN5O2/c1-5-27(6-2)21-20(23)13-24-22(26-21)28-12-11-19(14-28)30-18-9-7-17(8-10-18)15(3)25-16(4)29/h7-10,13,15,19H,5-6,11-12,14H2,1-4H3,(H,25,29)/t15-,19+/m0/s1. The van der Waals surface area contributed by atoms with Crippen LogP contribution in [0.25, 0.3) is 0 Å². The first-order valence-electron chi connectivity index (χ1n) is 10.5. The summed E-state index contributed by atoms with van der Waals surface area (Å²) in [6, 6.07) is 7.71.